The lowest BCUT2D eigenvalue weighted by molar-refractivity contribution is 0.237. The summed E-state index contributed by atoms with van der Waals surface area (Å²) in [4.78, 5) is 29.1. The van der Waals surface area contributed by atoms with E-state index in [0.717, 1.165) is 62.7 Å². The van der Waals surface area contributed by atoms with E-state index in [9.17, 15) is 0 Å². The molecule has 0 bridgehead atoms. The van der Waals surface area contributed by atoms with E-state index in [-0.39, 0.29) is 0 Å². The Morgan fingerprint density at radius 3 is 2.27 bits per heavy atom. The molecule has 214 valence electrons. The predicted molar refractivity (Wildman–Crippen MR) is 163 cm³/mol. The second kappa shape index (κ2) is 13.7. The summed E-state index contributed by atoms with van der Waals surface area (Å²) in [6, 6.07) is 18.0. The van der Waals surface area contributed by atoms with Gasteiger partial charge in [-0.1, -0.05) is 37.3 Å². The minimum absolute atomic E-state index is 0.498. The van der Waals surface area contributed by atoms with Crippen molar-refractivity contribution >= 4 is 29.4 Å². The molecule has 1 saturated heterocycles. The number of benzene rings is 2. The zero-order valence-electron chi connectivity index (χ0n) is 23.8. The highest BCUT2D eigenvalue weighted by Crippen LogP contribution is 2.21. The fourth-order valence-electron chi connectivity index (χ4n) is 4.70. The van der Waals surface area contributed by atoms with Crippen LogP contribution in [0.1, 0.15) is 24.5 Å². The number of ether oxygens (including phenoxy) is 1. The van der Waals surface area contributed by atoms with Gasteiger partial charge in [-0.25, -0.2) is 15.0 Å². The SMILES string of the molecule is CCCN(C)CCOc1ccc(Nc2ncnc(N3CCN(c4ncc(Cc5ccccc5)c(N)n4)CC3)n2)cc1. The topological polar surface area (TPSA) is 121 Å². The molecular formula is C30H38N10O. The Balaban J connectivity index is 1.12. The van der Waals surface area contributed by atoms with E-state index in [4.69, 9.17) is 10.5 Å². The molecule has 0 unspecified atom stereocenters. The molecule has 2 aromatic heterocycles. The number of nitrogens with zero attached hydrogens (tertiary/aromatic N) is 8. The molecule has 11 nitrogen and oxygen atoms in total. The Morgan fingerprint density at radius 2 is 1.59 bits per heavy atom. The Hall–Kier alpha value is -4.51. The van der Waals surface area contributed by atoms with Crippen molar-refractivity contribution in [3.63, 3.8) is 0 Å². The molecule has 1 fully saturated rings. The number of nitrogens with two attached hydrogens (primary N) is 1. The highest BCUT2D eigenvalue weighted by Gasteiger charge is 2.22. The van der Waals surface area contributed by atoms with Crippen LogP contribution in [0.5, 0.6) is 5.75 Å². The molecule has 5 rings (SSSR count). The number of anilines is 5. The zero-order chi connectivity index (χ0) is 28.4. The summed E-state index contributed by atoms with van der Waals surface area (Å²) < 4.78 is 5.87. The molecule has 0 amide bonds. The van der Waals surface area contributed by atoms with Crippen molar-refractivity contribution in [2.45, 2.75) is 19.8 Å². The lowest BCUT2D eigenvalue weighted by Gasteiger charge is -2.34. The van der Waals surface area contributed by atoms with Gasteiger partial charge in [0.2, 0.25) is 17.8 Å². The van der Waals surface area contributed by atoms with E-state index in [1.54, 1.807) is 0 Å². The summed E-state index contributed by atoms with van der Waals surface area (Å²) in [5.74, 6) is 3.14. The van der Waals surface area contributed by atoms with Crippen LogP contribution in [-0.4, -0.2) is 82.7 Å². The number of piperazine rings is 1. The Morgan fingerprint density at radius 1 is 0.878 bits per heavy atom. The predicted octanol–water partition coefficient (Wildman–Crippen LogP) is 3.63. The maximum Gasteiger partial charge on any atom is 0.231 e. The monoisotopic (exact) mass is 554 g/mol. The molecule has 11 heteroatoms. The molecule has 0 atom stereocenters. The molecule has 4 aromatic rings. The molecular weight excluding hydrogens is 516 g/mol. The van der Waals surface area contributed by atoms with E-state index in [1.807, 2.05) is 48.7 Å². The standard InChI is InChI=1S/C30H38N10O/c1-3-13-38(2)18-19-41-26-11-9-25(10-12-26)35-28-33-22-34-30(37-28)40-16-14-39(15-17-40)29-32-21-24(27(31)36-29)20-23-7-5-4-6-8-23/h4-12,21-22H,3,13-20H2,1-2H3,(H2,31,32,36)(H,33,34,35,37). The third-order valence-corrected chi connectivity index (χ3v) is 6.98. The quantitative estimate of drug-likeness (QED) is 0.267. The molecule has 0 aliphatic carbocycles. The van der Waals surface area contributed by atoms with Gasteiger partial charge in [0.25, 0.3) is 0 Å². The number of hydrogen-bond acceptors (Lipinski definition) is 11. The first-order valence-electron chi connectivity index (χ1n) is 14.1. The largest absolute Gasteiger partial charge is 0.492 e. The van der Waals surface area contributed by atoms with Crippen molar-refractivity contribution in [2.75, 3.05) is 73.8 Å². The molecule has 3 N–H and O–H groups in total. The fourth-order valence-corrected chi connectivity index (χ4v) is 4.70. The van der Waals surface area contributed by atoms with Gasteiger partial charge >= 0.3 is 0 Å². The lowest BCUT2D eigenvalue weighted by Crippen LogP contribution is -2.47. The van der Waals surface area contributed by atoms with Gasteiger partial charge in [0.15, 0.2) is 0 Å². The molecule has 0 spiro atoms. The van der Waals surface area contributed by atoms with E-state index in [1.165, 1.54) is 11.9 Å². The van der Waals surface area contributed by atoms with Crippen LogP contribution in [0.25, 0.3) is 0 Å². The molecule has 3 heterocycles. The van der Waals surface area contributed by atoms with Crippen LogP contribution in [0.3, 0.4) is 0 Å². The van der Waals surface area contributed by atoms with E-state index < -0.39 is 0 Å². The summed E-state index contributed by atoms with van der Waals surface area (Å²) in [5, 5.41) is 3.27. The van der Waals surface area contributed by atoms with E-state index in [0.29, 0.717) is 36.7 Å². The second-order valence-corrected chi connectivity index (χ2v) is 10.1. The van der Waals surface area contributed by atoms with Crippen molar-refractivity contribution < 1.29 is 4.74 Å². The van der Waals surface area contributed by atoms with Crippen molar-refractivity contribution in [1.82, 2.24) is 29.8 Å². The van der Waals surface area contributed by atoms with E-state index in [2.05, 4.69) is 71.0 Å². The van der Waals surface area contributed by atoms with Gasteiger partial charge in [-0.3, -0.25) is 0 Å². The second-order valence-electron chi connectivity index (χ2n) is 10.1. The minimum Gasteiger partial charge on any atom is -0.492 e. The summed E-state index contributed by atoms with van der Waals surface area (Å²) in [6.07, 6.45) is 5.23. The van der Waals surface area contributed by atoms with Crippen molar-refractivity contribution in [1.29, 1.82) is 0 Å². The maximum atomic E-state index is 6.29. The third kappa shape index (κ3) is 7.79. The number of nitrogens with one attached hydrogen (secondary N) is 1. The highest BCUT2D eigenvalue weighted by molar-refractivity contribution is 5.55. The maximum absolute atomic E-state index is 6.29. The van der Waals surface area contributed by atoms with Gasteiger partial charge in [-0.2, -0.15) is 9.97 Å². The van der Waals surface area contributed by atoms with Gasteiger partial charge in [-0.05, 0) is 49.8 Å². The zero-order valence-corrected chi connectivity index (χ0v) is 23.8. The normalized spacial score (nSPS) is 13.4. The fraction of sp³-hybridized carbons (Fsp3) is 0.367. The summed E-state index contributed by atoms with van der Waals surface area (Å²) in [5.41, 5.74) is 9.29. The molecule has 41 heavy (non-hydrogen) atoms. The summed E-state index contributed by atoms with van der Waals surface area (Å²) in [6.45, 7) is 7.76. The van der Waals surface area contributed by atoms with Gasteiger partial charge in [0, 0.05) is 56.6 Å². The van der Waals surface area contributed by atoms with Gasteiger partial charge < -0.3 is 30.5 Å². The first-order chi connectivity index (χ1) is 20.1. The van der Waals surface area contributed by atoms with Crippen molar-refractivity contribution in [2.24, 2.45) is 0 Å². The van der Waals surface area contributed by atoms with Crippen LogP contribution in [0.15, 0.2) is 67.1 Å². The van der Waals surface area contributed by atoms with Crippen LogP contribution >= 0.6 is 0 Å². The first-order valence-corrected chi connectivity index (χ1v) is 14.1. The number of rotatable bonds is 12. The van der Waals surface area contributed by atoms with Crippen LogP contribution in [0.2, 0.25) is 0 Å². The lowest BCUT2D eigenvalue weighted by atomic mass is 10.1. The molecule has 0 saturated carbocycles. The van der Waals surface area contributed by atoms with Crippen molar-refractivity contribution in [3.8, 4) is 5.75 Å². The van der Waals surface area contributed by atoms with Crippen molar-refractivity contribution in [3.05, 3.63) is 78.2 Å². The Kier molecular flexibility index (Phi) is 9.37. The number of aromatic nitrogens is 5. The summed E-state index contributed by atoms with van der Waals surface area (Å²) in [7, 11) is 2.11. The average Bonchev–Trinajstić information content (AvgIpc) is 3.00. The minimum atomic E-state index is 0.498. The van der Waals surface area contributed by atoms with Gasteiger partial charge in [0.05, 0.1) is 0 Å². The van der Waals surface area contributed by atoms with E-state index >= 15 is 0 Å². The smallest absolute Gasteiger partial charge is 0.231 e. The number of hydrogen-bond donors (Lipinski definition) is 2. The molecule has 1 aliphatic rings. The molecule has 2 aromatic carbocycles. The van der Waals surface area contributed by atoms with Gasteiger partial charge in [-0.15, -0.1) is 0 Å². The van der Waals surface area contributed by atoms with Crippen LogP contribution in [0.4, 0.5) is 29.4 Å². The average molecular weight is 555 g/mol. The summed E-state index contributed by atoms with van der Waals surface area (Å²) >= 11 is 0. The van der Waals surface area contributed by atoms with Crippen LogP contribution in [0, 0.1) is 0 Å². The van der Waals surface area contributed by atoms with Crippen LogP contribution < -0.4 is 25.6 Å². The first kappa shape index (κ1) is 28.0. The van der Waals surface area contributed by atoms with Crippen LogP contribution in [-0.2, 0) is 6.42 Å². The highest BCUT2D eigenvalue weighted by atomic mass is 16.5. The third-order valence-electron chi connectivity index (χ3n) is 6.98. The molecule has 0 radical (unpaired) electrons. The number of nitrogen functional groups attached to an aromatic ring is 1. The Bertz CT molecular complexity index is 1380. The number of likely N-dealkylation sites (N-methyl/N-ethyl adjacent to an activating group) is 1. The molecule has 1 aliphatic heterocycles. The van der Waals surface area contributed by atoms with Gasteiger partial charge in [0.1, 0.15) is 24.5 Å². The Labute approximate surface area is 241 Å².